The third-order valence-electron chi connectivity index (χ3n) is 3.20. The van der Waals surface area contributed by atoms with E-state index in [1.54, 1.807) is 0 Å². The Bertz CT molecular complexity index is 230. The second-order valence-corrected chi connectivity index (χ2v) is 4.70. The molecule has 1 aliphatic heterocycles. The van der Waals surface area contributed by atoms with Crippen molar-refractivity contribution in [2.45, 2.75) is 26.7 Å². The molecule has 0 spiro atoms. The van der Waals surface area contributed by atoms with Crippen molar-refractivity contribution < 1.29 is 4.79 Å². The molecule has 1 amide bonds. The average Bonchev–Trinajstić information content (AvgIpc) is 2.54. The van der Waals surface area contributed by atoms with Crippen molar-refractivity contribution in [3.05, 3.63) is 0 Å². The molecule has 1 saturated heterocycles. The Hall–Kier alpha value is -0.610. The van der Waals surface area contributed by atoms with Gasteiger partial charge in [-0.05, 0) is 40.4 Å². The SMILES string of the molecule is CCN1CC(CCCN(C)C)C(=O)N1CC. The van der Waals surface area contributed by atoms with Crippen molar-refractivity contribution in [2.24, 2.45) is 5.92 Å². The highest BCUT2D eigenvalue weighted by molar-refractivity contribution is 5.80. The van der Waals surface area contributed by atoms with Crippen molar-refractivity contribution >= 4 is 5.91 Å². The highest BCUT2D eigenvalue weighted by Gasteiger charge is 2.35. The maximum atomic E-state index is 12.1. The van der Waals surface area contributed by atoms with Crippen LogP contribution < -0.4 is 0 Å². The average molecular weight is 227 g/mol. The number of hydrazine groups is 1. The lowest BCUT2D eigenvalue weighted by atomic mass is 10.0. The molecule has 1 aliphatic rings. The molecule has 94 valence electrons. The van der Waals surface area contributed by atoms with Gasteiger partial charge in [-0.1, -0.05) is 6.92 Å². The Morgan fingerprint density at radius 2 is 2.00 bits per heavy atom. The first-order chi connectivity index (χ1) is 7.60. The Morgan fingerprint density at radius 1 is 1.31 bits per heavy atom. The summed E-state index contributed by atoms with van der Waals surface area (Å²) in [5.41, 5.74) is 0. The number of carbonyl (C=O) groups is 1. The number of hydrogen-bond donors (Lipinski definition) is 0. The van der Waals surface area contributed by atoms with Crippen LogP contribution in [0.1, 0.15) is 26.7 Å². The van der Waals surface area contributed by atoms with Gasteiger partial charge >= 0.3 is 0 Å². The molecule has 1 rings (SSSR count). The van der Waals surface area contributed by atoms with E-state index in [-0.39, 0.29) is 5.92 Å². The van der Waals surface area contributed by atoms with Crippen LogP contribution in [0.2, 0.25) is 0 Å². The fraction of sp³-hybridized carbons (Fsp3) is 0.917. The van der Waals surface area contributed by atoms with Gasteiger partial charge < -0.3 is 4.90 Å². The predicted octanol–water partition coefficient (Wildman–Crippen LogP) is 1.04. The molecular formula is C12H25N3O. The van der Waals surface area contributed by atoms with Gasteiger partial charge in [0, 0.05) is 19.6 Å². The molecule has 1 atom stereocenters. The maximum absolute atomic E-state index is 12.1. The molecule has 0 aromatic heterocycles. The zero-order valence-corrected chi connectivity index (χ0v) is 11.1. The van der Waals surface area contributed by atoms with Gasteiger partial charge in [-0.2, -0.15) is 0 Å². The van der Waals surface area contributed by atoms with E-state index in [1.165, 1.54) is 0 Å². The van der Waals surface area contributed by atoms with Crippen LogP contribution in [-0.4, -0.2) is 61.1 Å². The third-order valence-corrected chi connectivity index (χ3v) is 3.20. The summed E-state index contributed by atoms with van der Waals surface area (Å²) in [6.45, 7) is 7.88. The van der Waals surface area contributed by atoms with Crippen LogP contribution in [0, 0.1) is 5.92 Å². The first-order valence-corrected chi connectivity index (χ1v) is 6.31. The molecule has 0 aromatic carbocycles. The molecular weight excluding hydrogens is 202 g/mol. The van der Waals surface area contributed by atoms with Crippen LogP contribution in [0.25, 0.3) is 0 Å². The van der Waals surface area contributed by atoms with Gasteiger partial charge in [0.2, 0.25) is 5.91 Å². The Balaban J connectivity index is 2.41. The molecule has 1 fully saturated rings. The lowest BCUT2D eigenvalue weighted by Gasteiger charge is -2.24. The summed E-state index contributed by atoms with van der Waals surface area (Å²) in [6, 6.07) is 0. The fourth-order valence-electron chi connectivity index (χ4n) is 2.31. The number of hydrogen-bond acceptors (Lipinski definition) is 3. The van der Waals surface area contributed by atoms with E-state index in [4.69, 9.17) is 0 Å². The fourth-order valence-corrected chi connectivity index (χ4v) is 2.31. The van der Waals surface area contributed by atoms with E-state index in [2.05, 4.69) is 30.9 Å². The van der Waals surface area contributed by atoms with E-state index in [0.717, 1.165) is 39.0 Å². The number of nitrogens with zero attached hydrogens (tertiary/aromatic N) is 3. The van der Waals surface area contributed by atoms with Gasteiger partial charge in [0.05, 0.1) is 5.92 Å². The maximum Gasteiger partial charge on any atom is 0.241 e. The van der Waals surface area contributed by atoms with Crippen LogP contribution in [0.3, 0.4) is 0 Å². The first kappa shape index (κ1) is 13.5. The number of carbonyl (C=O) groups excluding carboxylic acids is 1. The van der Waals surface area contributed by atoms with Crippen molar-refractivity contribution in [3.63, 3.8) is 0 Å². The topological polar surface area (TPSA) is 26.8 Å². The Morgan fingerprint density at radius 3 is 2.44 bits per heavy atom. The lowest BCUT2D eigenvalue weighted by Crippen LogP contribution is -2.38. The molecule has 0 aromatic rings. The van der Waals surface area contributed by atoms with Crippen LogP contribution in [0.15, 0.2) is 0 Å². The minimum atomic E-state index is 0.222. The van der Waals surface area contributed by atoms with E-state index >= 15 is 0 Å². The van der Waals surface area contributed by atoms with Gasteiger partial charge in [0.1, 0.15) is 0 Å². The summed E-state index contributed by atoms with van der Waals surface area (Å²) in [7, 11) is 4.15. The summed E-state index contributed by atoms with van der Waals surface area (Å²) in [6.07, 6.45) is 2.13. The van der Waals surface area contributed by atoms with Gasteiger partial charge in [0.25, 0.3) is 0 Å². The summed E-state index contributed by atoms with van der Waals surface area (Å²) in [4.78, 5) is 14.2. The minimum Gasteiger partial charge on any atom is -0.309 e. The molecule has 1 unspecified atom stereocenters. The normalized spacial score (nSPS) is 22.4. The first-order valence-electron chi connectivity index (χ1n) is 6.31. The summed E-state index contributed by atoms with van der Waals surface area (Å²) in [5, 5.41) is 4.07. The molecule has 0 aliphatic carbocycles. The van der Waals surface area contributed by atoms with E-state index in [9.17, 15) is 4.79 Å². The highest BCUT2D eigenvalue weighted by Crippen LogP contribution is 2.21. The van der Waals surface area contributed by atoms with Crippen LogP contribution in [0.5, 0.6) is 0 Å². The van der Waals surface area contributed by atoms with Crippen molar-refractivity contribution in [1.82, 2.24) is 14.9 Å². The summed E-state index contributed by atoms with van der Waals surface area (Å²) < 4.78 is 0. The van der Waals surface area contributed by atoms with Crippen molar-refractivity contribution in [2.75, 3.05) is 40.3 Å². The molecule has 0 saturated carbocycles. The number of rotatable bonds is 6. The lowest BCUT2D eigenvalue weighted by molar-refractivity contribution is -0.139. The molecule has 4 heteroatoms. The number of amides is 1. The van der Waals surface area contributed by atoms with Gasteiger partial charge in [-0.3, -0.25) is 9.80 Å². The molecule has 0 N–H and O–H groups in total. The van der Waals surface area contributed by atoms with Crippen molar-refractivity contribution in [3.8, 4) is 0 Å². The molecule has 16 heavy (non-hydrogen) atoms. The van der Waals surface area contributed by atoms with E-state index < -0.39 is 0 Å². The van der Waals surface area contributed by atoms with Crippen molar-refractivity contribution in [1.29, 1.82) is 0 Å². The third kappa shape index (κ3) is 3.19. The van der Waals surface area contributed by atoms with Gasteiger partial charge in [-0.25, -0.2) is 5.01 Å². The summed E-state index contributed by atoms with van der Waals surface area (Å²) in [5.74, 6) is 0.544. The van der Waals surface area contributed by atoms with Crippen LogP contribution >= 0.6 is 0 Å². The second-order valence-electron chi connectivity index (χ2n) is 4.70. The van der Waals surface area contributed by atoms with Gasteiger partial charge in [0.15, 0.2) is 0 Å². The predicted molar refractivity (Wildman–Crippen MR) is 65.9 cm³/mol. The minimum absolute atomic E-state index is 0.222. The zero-order chi connectivity index (χ0) is 12.1. The van der Waals surface area contributed by atoms with E-state index in [0.29, 0.717) is 5.91 Å². The highest BCUT2D eigenvalue weighted by atomic mass is 16.2. The Kier molecular flexibility index (Phi) is 5.22. The largest absolute Gasteiger partial charge is 0.309 e. The Labute approximate surface area is 99.2 Å². The van der Waals surface area contributed by atoms with E-state index in [1.807, 2.05) is 11.9 Å². The smallest absolute Gasteiger partial charge is 0.241 e. The quantitative estimate of drug-likeness (QED) is 0.678. The molecule has 0 radical (unpaired) electrons. The molecule has 0 bridgehead atoms. The summed E-state index contributed by atoms with van der Waals surface area (Å²) >= 11 is 0. The van der Waals surface area contributed by atoms with Crippen LogP contribution in [0.4, 0.5) is 0 Å². The van der Waals surface area contributed by atoms with Gasteiger partial charge in [-0.15, -0.1) is 0 Å². The zero-order valence-electron chi connectivity index (χ0n) is 11.1. The molecule has 1 heterocycles. The molecule has 4 nitrogen and oxygen atoms in total. The monoisotopic (exact) mass is 227 g/mol. The standard InChI is InChI=1S/C12H25N3O/c1-5-14-10-11(8-7-9-13(3)4)12(16)15(14)6-2/h11H,5-10H2,1-4H3. The van der Waals surface area contributed by atoms with Crippen LogP contribution in [-0.2, 0) is 4.79 Å². The second kappa shape index (κ2) is 6.21.